The van der Waals surface area contributed by atoms with Crippen LogP contribution in [0.1, 0.15) is 26.3 Å². The molecule has 0 aliphatic heterocycles. The first kappa shape index (κ1) is 19.4. The molecule has 0 aliphatic rings. The van der Waals surface area contributed by atoms with Crippen LogP contribution in [0.4, 0.5) is 9.18 Å². The summed E-state index contributed by atoms with van der Waals surface area (Å²) in [4.78, 5) is 11.5. The number of sulfonamides is 1. The van der Waals surface area contributed by atoms with Crippen molar-refractivity contribution in [2.75, 3.05) is 19.3 Å². The Hall–Kier alpha value is -1.67. The number of halogens is 1. The molecule has 0 unspecified atom stereocenters. The van der Waals surface area contributed by atoms with Crippen molar-refractivity contribution in [3.63, 3.8) is 0 Å². The van der Waals surface area contributed by atoms with Crippen LogP contribution in [0.2, 0.25) is 0 Å². The fourth-order valence-corrected chi connectivity index (χ4v) is 2.56. The second kappa shape index (κ2) is 7.74. The topological polar surface area (TPSA) is 75.7 Å². The molecule has 0 atom stereocenters. The summed E-state index contributed by atoms with van der Waals surface area (Å²) in [5.41, 5.74) is 0.0448. The van der Waals surface area contributed by atoms with Gasteiger partial charge in [0.05, 0.1) is 6.26 Å². The number of alkyl carbamates (subject to hydrolysis) is 1. The fraction of sp³-hybridized carbons (Fsp3) is 0.533. The molecule has 23 heavy (non-hydrogen) atoms. The molecule has 0 radical (unpaired) electrons. The molecule has 0 fully saturated rings. The van der Waals surface area contributed by atoms with Crippen LogP contribution >= 0.6 is 0 Å². The van der Waals surface area contributed by atoms with Crippen molar-refractivity contribution >= 4 is 16.1 Å². The Balaban J connectivity index is 2.60. The van der Waals surface area contributed by atoms with Crippen LogP contribution < -0.4 is 5.32 Å². The van der Waals surface area contributed by atoms with Crippen LogP contribution in [0.25, 0.3) is 0 Å². The van der Waals surface area contributed by atoms with Gasteiger partial charge in [-0.1, -0.05) is 12.1 Å². The minimum Gasteiger partial charge on any atom is -0.444 e. The Morgan fingerprint density at radius 1 is 1.26 bits per heavy atom. The van der Waals surface area contributed by atoms with E-state index in [9.17, 15) is 17.6 Å². The third kappa shape index (κ3) is 7.94. The maximum atomic E-state index is 12.9. The van der Waals surface area contributed by atoms with Gasteiger partial charge in [0.25, 0.3) is 0 Å². The minimum atomic E-state index is -3.46. The van der Waals surface area contributed by atoms with E-state index in [1.54, 1.807) is 20.8 Å². The molecule has 0 bridgehead atoms. The zero-order valence-electron chi connectivity index (χ0n) is 13.8. The maximum Gasteiger partial charge on any atom is 0.407 e. The summed E-state index contributed by atoms with van der Waals surface area (Å²) in [7, 11) is -3.46. The molecule has 8 heteroatoms. The van der Waals surface area contributed by atoms with Gasteiger partial charge in [0.1, 0.15) is 11.4 Å². The largest absolute Gasteiger partial charge is 0.444 e. The molecule has 1 aromatic carbocycles. The lowest BCUT2D eigenvalue weighted by Crippen LogP contribution is -2.39. The summed E-state index contributed by atoms with van der Waals surface area (Å²) in [6.07, 6.45) is 0.483. The summed E-state index contributed by atoms with van der Waals surface area (Å²) in [6, 6.07) is 5.59. The predicted octanol–water partition coefficient (Wildman–Crippen LogP) is 2.11. The fourth-order valence-electron chi connectivity index (χ4n) is 1.75. The van der Waals surface area contributed by atoms with E-state index >= 15 is 0 Å². The van der Waals surface area contributed by atoms with Gasteiger partial charge in [-0.25, -0.2) is 17.6 Å². The highest BCUT2D eigenvalue weighted by Crippen LogP contribution is 2.10. The van der Waals surface area contributed by atoms with Gasteiger partial charge in [-0.15, -0.1) is 0 Å². The van der Waals surface area contributed by atoms with Crippen molar-refractivity contribution in [2.24, 2.45) is 0 Å². The lowest BCUT2D eigenvalue weighted by Gasteiger charge is -2.22. The molecule has 0 spiro atoms. The lowest BCUT2D eigenvalue weighted by atomic mass is 10.2. The van der Waals surface area contributed by atoms with E-state index in [0.29, 0.717) is 5.56 Å². The second-order valence-corrected chi connectivity index (χ2v) is 8.13. The van der Waals surface area contributed by atoms with Crippen molar-refractivity contribution in [3.8, 4) is 0 Å². The van der Waals surface area contributed by atoms with Crippen LogP contribution in [0.3, 0.4) is 0 Å². The molecule has 0 saturated carbocycles. The Kier molecular flexibility index (Phi) is 6.52. The number of hydrogen-bond acceptors (Lipinski definition) is 4. The van der Waals surface area contributed by atoms with Gasteiger partial charge in [-0.05, 0) is 38.5 Å². The van der Waals surface area contributed by atoms with Gasteiger partial charge >= 0.3 is 6.09 Å². The number of rotatable bonds is 6. The lowest BCUT2D eigenvalue weighted by molar-refractivity contribution is 0.0525. The van der Waals surface area contributed by atoms with Crippen LogP contribution in [0, 0.1) is 5.82 Å². The first-order valence-electron chi connectivity index (χ1n) is 7.14. The molecule has 0 saturated heterocycles. The Morgan fingerprint density at radius 3 is 2.30 bits per heavy atom. The molecule has 0 aromatic heterocycles. The van der Waals surface area contributed by atoms with Crippen molar-refractivity contribution in [1.82, 2.24) is 9.62 Å². The second-order valence-electron chi connectivity index (χ2n) is 6.15. The Labute approximate surface area is 136 Å². The van der Waals surface area contributed by atoms with E-state index in [-0.39, 0.29) is 25.5 Å². The number of benzene rings is 1. The van der Waals surface area contributed by atoms with Gasteiger partial charge in [0.15, 0.2) is 0 Å². The van der Waals surface area contributed by atoms with Gasteiger partial charge in [0, 0.05) is 19.6 Å². The van der Waals surface area contributed by atoms with Gasteiger partial charge in [-0.3, -0.25) is 0 Å². The molecule has 1 rings (SSSR count). The quantitative estimate of drug-likeness (QED) is 0.856. The van der Waals surface area contributed by atoms with Crippen molar-refractivity contribution < 1.29 is 22.3 Å². The van der Waals surface area contributed by atoms with E-state index in [1.807, 2.05) is 0 Å². The molecule has 1 aromatic rings. The number of nitrogens with zero attached hydrogens (tertiary/aromatic N) is 1. The van der Waals surface area contributed by atoms with Crippen LogP contribution in [0.5, 0.6) is 0 Å². The van der Waals surface area contributed by atoms with E-state index in [1.165, 1.54) is 28.6 Å². The van der Waals surface area contributed by atoms with Crippen molar-refractivity contribution in [2.45, 2.75) is 32.9 Å². The zero-order chi connectivity index (χ0) is 17.7. The highest BCUT2D eigenvalue weighted by Gasteiger charge is 2.19. The summed E-state index contributed by atoms with van der Waals surface area (Å²) >= 11 is 0. The number of nitrogens with one attached hydrogen (secondary N) is 1. The molecule has 6 nitrogen and oxygen atoms in total. The number of hydrogen-bond donors (Lipinski definition) is 1. The monoisotopic (exact) mass is 346 g/mol. The third-order valence-corrected chi connectivity index (χ3v) is 4.02. The van der Waals surface area contributed by atoms with E-state index in [4.69, 9.17) is 4.74 Å². The van der Waals surface area contributed by atoms with Crippen LogP contribution in [-0.4, -0.2) is 43.8 Å². The van der Waals surface area contributed by atoms with Gasteiger partial charge < -0.3 is 10.1 Å². The molecule has 130 valence electrons. The van der Waals surface area contributed by atoms with E-state index in [2.05, 4.69) is 5.32 Å². The number of carbonyl (C=O) groups is 1. The summed E-state index contributed by atoms with van der Waals surface area (Å²) in [5, 5.41) is 2.51. The smallest absolute Gasteiger partial charge is 0.407 e. The molecule has 1 N–H and O–H groups in total. The molecular weight excluding hydrogens is 323 g/mol. The maximum absolute atomic E-state index is 12.9. The minimum absolute atomic E-state index is 0.0927. The Morgan fingerprint density at radius 2 is 1.83 bits per heavy atom. The molecule has 0 heterocycles. The molecule has 1 amide bonds. The van der Waals surface area contributed by atoms with Crippen LogP contribution in [0.15, 0.2) is 24.3 Å². The normalized spacial score (nSPS) is 12.3. The summed E-state index contributed by atoms with van der Waals surface area (Å²) < 4.78 is 42.8. The number of carbonyl (C=O) groups excluding carboxylic acids is 1. The number of ether oxygens (including phenoxy) is 1. The average Bonchev–Trinajstić information content (AvgIpc) is 2.36. The van der Waals surface area contributed by atoms with Gasteiger partial charge in [0.2, 0.25) is 10.0 Å². The summed E-state index contributed by atoms with van der Waals surface area (Å²) in [5.74, 6) is -0.383. The highest BCUT2D eigenvalue weighted by atomic mass is 32.2. The molecular formula is C15H23FN2O4S. The van der Waals surface area contributed by atoms with Crippen molar-refractivity contribution in [3.05, 3.63) is 35.6 Å². The average molecular weight is 346 g/mol. The van der Waals surface area contributed by atoms with E-state index in [0.717, 1.165) is 6.26 Å². The molecule has 0 aliphatic carbocycles. The first-order valence-corrected chi connectivity index (χ1v) is 8.98. The highest BCUT2D eigenvalue weighted by molar-refractivity contribution is 7.88. The standard InChI is InChI=1S/C15H23FN2O4S/c1-15(2,3)22-14(19)17-9-10-18(23(4,20)21)11-12-5-7-13(16)8-6-12/h5-8H,9-11H2,1-4H3,(H,17,19). The Bertz CT molecular complexity index is 624. The van der Waals surface area contributed by atoms with Gasteiger partial charge in [-0.2, -0.15) is 4.31 Å². The van der Waals surface area contributed by atoms with Crippen LogP contribution in [-0.2, 0) is 21.3 Å². The predicted molar refractivity (Wildman–Crippen MR) is 85.9 cm³/mol. The SMILES string of the molecule is CC(C)(C)OC(=O)NCCN(Cc1ccc(F)cc1)S(C)(=O)=O. The number of amides is 1. The van der Waals surface area contributed by atoms with Crippen molar-refractivity contribution in [1.29, 1.82) is 0 Å². The van der Waals surface area contributed by atoms with E-state index < -0.39 is 21.7 Å². The third-order valence-electron chi connectivity index (χ3n) is 2.77. The zero-order valence-corrected chi connectivity index (χ0v) is 14.6. The summed E-state index contributed by atoms with van der Waals surface area (Å²) in [6.45, 7) is 5.53. The first-order chi connectivity index (χ1) is 10.5.